The minimum absolute atomic E-state index is 0.126. The first-order chi connectivity index (χ1) is 8.21. The lowest BCUT2D eigenvalue weighted by molar-refractivity contribution is -0.384. The summed E-state index contributed by atoms with van der Waals surface area (Å²) in [6.45, 7) is 5.06. The predicted molar refractivity (Wildman–Crippen MR) is 70.0 cm³/mol. The number of hydrogen-bond acceptors (Lipinski definition) is 5. The molecule has 0 aliphatic carbocycles. The van der Waals surface area contributed by atoms with E-state index >= 15 is 0 Å². The normalized spacial score (nSPS) is 10.9. The Morgan fingerprint density at radius 2 is 2.06 bits per heavy atom. The van der Waals surface area contributed by atoms with E-state index in [1.807, 2.05) is 0 Å². The molecule has 0 bridgehead atoms. The highest BCUT2D eigenvalue weighted by Crippen LogP contribution is 2.28. The number of hydrogen-bond donors (Lipinski definition) is 1. The number of carbonyl (C=O) groups is 1. The smallest absolute Gasteiger partial charge is 0.337 e. The van der Waals surface area contributed by atoms with Gasteiger partial charge in [-0.2, -0.15) is 0 Å². The molecule has 1 N–H and O–H groups in total. The molecular formula is C11H13BrN2O4. The van der Waals surface area contributed by atoms with Crippen LogP contribution in [-0.2, 0) is 9.63 Å². The molecule has 0 amide bonds. The van der Waals surface area contributed by atoms with Crippen LogP contribution < -0.4 is 5.48 Å². The highest BCUT2D eigenvalue weighted by molar-refractivity contribution is 9.10. The lowest BCUT2D eigenvalue weighted by Crippen LogP contribution is -2.25. The summed E-state index contributed by atoms with van der Waals surface area (Å²) in [6.07, 6.45) is 0. The molecule has 0 saturated carbocycles. The van der Waals surface area contributed by atoms with Gasteiger partial charge in [-0.25, -0.2) is 10.3 Å². The number of anilines is 1. The van der Waals surface area contributed by atoms with Crippen molar-refractivity contribution < 1.29 is 14.6 Å². The van der Waals surface area contributed by atoms with Gasteiger partial charge in [-0.1, -0.05) is 15.9 Å². The Balaban J connectivity index is 2.86. The van der Waals surface area contributed by atoms with E-state index in [0.717, 1.165) is 0 Å². The number of nitrogens with one attached hydrogen (secondary N) is 1. The van der Waals surface area contributed by atoms with Crippen LogP contribution in [0.4, 0.5) is 11.4 Å². The molecule has 0 unspecified atom stereocenters. The number of carbonyl (C=O) groups excluding carboxylic acids is 1. The molecule has 1 aromatic carbocycles. The van der Waals surface area contributed by atoms with Gasteiger partial charge in [-0.15, -0.1) is 0 Å². The van der Waals surface area contributed by atoms with Crippen LogP contribution in [0.15, 0.2) is 22.7 Å². The van der Waals surface area contributed by atoms with E-state index in [2.05, 4.69) is 21.4 Å². The topological polar surface area (TPSA) is 81.5 Å². The van der Waals surface area contributed by atoms with E-state index in [1.165, 1.54) is 12.1 Å². The van der Waals surface area contributed by atoms with Crippen molar-refractivity contribution in [3.8, 4) is 0 Å². The summed E-state index contributed by atoms with van der Waals surface area (Å²) in [4.78, 5) is 26.6. The van der Waals surface area contributed by atoms with Crippen LogP contribution in [0.1, 0.15) is 20.8 Å². The van der Waals surface area contributed by atoms with E-state index in [4.69, 9.17) is 4.84 Å². The maximum absolute atomic E-state index is 11.5. The second-order valence-corrected chi connectivity index (χ2v) is 5.58. The van der Waals surface area contributed by atoms with E-state index < -0.39 is 16.3 Å². The second kappa shape index (κ2) is 5.34. The molecule has 0 aliphatic heterocycles. The van der Waals surface area contributed by atoms with Crippen LogP contribution in [0.2, 0.25) is 0 Å². The van der Waals surface area contributed by atoms with Crippen LogP contribution in [0.5, 0.6) is 0 Å². The fourth-order valence-electron chi connectivity index (χ4n) is 0.997. The zero-order chi connectivity index (χ0) is 13.9. The SMILES string of the molecule is CC(C)(C)C(=O)ONc1ccc(Br)cc1[N+](=O)[O-]. The van der Waals surface area contributed by atoms with Crippen molar-refractivity contribution in [2.45, 2.75) is 20.8 Å². The molecule has 0 atom stereocenters. The van der Waals surface area contributed by atoms with Crippen molar-refractivity contribution in [2.24, 2.45) is 5.41 Å². The Labute approximate surface area is 113 Å². The number of nitrogens with zero attached hydrogens (tertiary/aromatic N) is 1. The van der Waals surface area contributed by atoms with E-state index in [9.17, 15) is 14.9 Å². The highest BCUT2D eigenvalue weighted by Gasteiger charge is 2.24. The highest BCUT2D eigenvalue weighted by atomic mass is 79.9. The third-order valence-corrected chi connectivity index (χ3v) is 2.52. The van der Waals surface area contributed by atoms with Gasteiger partial charge in [0.1, 0.15) is 5.69 Å². The Morgan fingerprint density at radius 1 is 1.44 bits per heavy atom. The van der Waals surface area contributed by atoms with Crippen LogP contribution in [0.3, 0.4) is 0 Å². The van der Waals surface area contributed by atoms with Crippen molar-refractivity contribution in [1.82, 2.24) is 0 Å². The lowest BCUT2D eigenvalue weighted by Gasteiger charge is -2.16. The zero-order valence-corrected chi connectivity index (χ0v) is 11.8. The minimum Gasteiger partial charge on any atom is -0.343 e. The van der Waals surface area contributed by atoms with Crippen molar-refractivity contribution >= 4 is 33.3 Å². The van der Waals surface area contributed by atoms with Crippen molar-refractivity contribution in [1.29, 1.82) is 0 Å². The van der Waals surface area contributed by atoms with Gasteiger partial charge in [0, 0.05) is 10.5 Å². The standard InChI is InChI=1S/C11H13BrN2O4/c1-11(2,3)10(15)18-13-8-5-4-7(12)6-9(8)14(16)17/h4-6,13H,1-3H3. The molecule has 0 aliphatic rings. The first kappa shape index (κ1) is 14.4. The zero-order valence-electron chi connectivity index (χ0n) is 10.2. The summed E-state index contributed by atoms with van der Waals surface area (Å²) in [7, 11) is 0. The molecule has 6 nitrogen and oxygen atoms in total. The Bertz CT molecular complexity index is 482. The van der Waals surface area contributed by atoms with Gasteiger partial charge in [-0.05, 0) is 32.9 Å². The van der Waals surface area contributed by atoms with Crippen LogP contribution in [0, 0.1) is 15.5 Å². The first-order valence-electron chi connectivity index (χ1n) is 5.13. The molecule has 0 spiro atoms. The lowest BCUT2D eigenvalue weighted by atomic mass is 9.98. The number of nitro benzene ring substituents is 1. The molecule has 0 heterocycles. The van der Waals surface area contributed by atoms with Crippen molar-refractivity contribution in [2.75, 3.05) is 5.48 Å². The largest absolute Gasteiger partial charge is 0.343 e. The van der Waals surface area contributed by atoms with Crippen molar-refractivity contribution in [3.63, 3.8) is 0 Å². The fourth-order valence-corrected chi connectivity index (χ4v) is 1.35. The molecule has 1 aromatic rings. The van der Waals surface area contributed by atoms with E-state index in [0.29, 0.717) is 4.47 Å². The number of halogens is 1. The monoisotopic (exact) mass is 316 g/mol. The Hall–Kier alpha value is -1.63. The Morgan fingerprint density at radius 3 is 2.56 bits per heavy atom. The van der Waals surface area contributed by atoms with Crippen molar-refractivity contribution in [3.05, 3.63) is 32.8 Å². The second-order valence-electron chi connectivity index (χ2n) is 4.66. The molecule has 0 fully saturated rings. The molecule has 18 heavy (non-hydrogen) atoms. The van der Waals surface area contributed by atoms with Crippen LogP contribution >= 0.6 is 15.9 Å². The molecule has 7 heteroatoms. The summed E-state index contributed by atoms with van der Waals surface area (Å²) in [5.41, 5.74) is 1.58. The minimum atomic E-state index is -0.683. The van der Waals surface area contributed by atoms with Gasteiger partial charge in [0.05, 0.1) is 10.3 Å². The molecule has 98 valence electrons. The summed E-state index contributed by atoms with van der Waals surface area (Å²) < 4.78 is 0.571. The first-order valence-corrected chi connectivity index (χ1v) is 5.92. The van der Waals surface area contributed by atoms with Crippen LogP contribution in [-0.4, -0.2) is 10.9 Å². The molecule has 0 saturated heterocycles. The molecule has 0 aromatic heterocycles. The maximum atomic E-state index is 11.5. The fraction of sp³-hybridized carbons (Fsp3) is 0.364. The summed E-state index contributed by atoms with van der Waals surface area (Å²) in [5, 5.41) is 10.8. The number of benzene rings is 1. The maximum Gasteiger partial charge on any atom is 0.337 e. The third-order valence-electron chi connectivity index (χ3n) is 2.02. The average molecular weight is 317 g/mol. The van der Waals surface area contributed by atoms with Gasteiger partial charge < -0.3 is 4.84 Å². The van der Waals surface area contributed by atoms with Gasteiger partial charge in [-0.3, -0.25) is 10.1 Å². The van der Waals surface area contributed by atoms with Gasteiger partial charge in [0.2, 0.25) is 0 Å². The van der Waals surface area contributed by atoms with Gasteiger partial charge in [0.15, 0.2) is 0 Å². The Kier molecular flexibility index (Phi) is 4.28. The van der Waals surface area contributed by atoms with E-state index in [-0.39, 0.29) is 11.4 Å². The van der Waals surface area contributed by atoms with Crippen LogP contribution in [0.25, 0.3) is 0 Å². The number of rotatable bonds is 3. The van der Waals surface area contributed by atoms with E-state index in [1.54, 1.807) is 26.8 Å². The summed E-state index contributed by atoms with van der Waals surface area (Å²) in [6, 6.07) is 4.39. The predicted octanol–water partition coefficient (Wildman–Crippen LogP) is 3.27. The third kappa shape index (κ3) is 3.69. The number of nitro groups is 1. The molecule has 0 radical (unpaired) electrons. The van der Waals surface area contributed by atoms with Gasteiger partial charge in [0.25, 0.3) is 5.69 Å². The molecule has 1 rings (SSSR count). The average Bonchev–Trinajstić information content (AvgIpc) is 2.25. The quantitative estimate of drug-likeness (QED) is 0.683. The summed E-state index contributed by atoms with van der Waals surface area (Å²) in [5.74, 6) is -0.500. The van der Waals surface area contributed by atoms with Gasteiger partial charge >= 0.3 is 5.97 Å². The molecular weight excluding hydrogens is 304 g/mol. The summed E-state index contributed by atoms with van der Waals surface area (Å²) >= 11 is 3.14.